The van der Waals surface area contributed by atoms with Crippen LogP contribution < -0.4 is 5.32 Å². The van der Waals surface area contributed by atoms with Crippen molar-refractivity contribution in [3.8, 4) is 11.5 Å². The maximum atomic E-state index is 4.38. The highest BCUT2D eigenvalue weighted by molar-refractivity contribution is 5.53. The molecule has 0 radical (unpaired) electrons. The smallest absolute Gasteiger partial charge is 0.180 e. The summed E-state index contributed by atoms with van der Waals surface area (Å²) in [6.07, 6.45) is 3.53. The van der Waals surface area contributed by atoms with E-state index in [2.05, 4.69) is 20.3 Å². The fourth-order valence-corrected chi connectivity index (χ4v) is 1.31. The minimum atomic E-state index is 0.644. The molecule has 0 spiro atoms. The Balaban J connectivity index is 2.46. The summed E-state index contributed by atoms with van der Waals surface area (Å²) >= 11 is 0. The van der Waals surface area contributed by atoms with Gasteiger partial charge in [-0.05, 0) is 19.1 Å². The van der Waals surface area contributed by atoms with Crippen LogP contribution in [0.2, 0.25) is 0 Å². The molecule has 76 valence electrons. The number of anilines is 1. The Kier molecular flexibility index (Phi) is 2.58. The highest BCUT2D eigenvalue weighted by atomic mass is 15.0. The number of aryl methyl sites for hydroxylation is 1. The molecule has 0 fully saturated rings. The second-order valence-corrected chi connectivity index (χ2v) is 3.19. The molecule has 2 heterocycles. The third-order valence-electron chi connectivity index (χ3n) is 2.10. The summed E-state index contributed by atoms with van der Waals surface area (Å²) in [6.45, 7) is 1.97. The second-order valence-electron chi connectivity index (χ2n) is 3.19. The predicted molar refractivity (Wildman–Crippen MR) is 59.5 cm³/mol. The third-order valence-corrected chi connectivity index (χ3v) is 2.10. The lowest BCUT2D eigenvalue weighted by Gasteiger charge is -2.05. The maximum absolute atomic E-state index is 4.38. The number of nitrogens with one attached hydrogen (secondary N) is 1. The van der Waals surface area contributed by atoms with Crippen LogP contribution in [0.25, 0.3) is 11.5 Å². The summed E-state index contributed by atoms with van der Waals surface area (Å²) in [4.78, 5) is 12.8. The molecule has 0 bridgehead atoms. The minimum absolute atomic E-state index is 0.644. The molecule has 2 aromatic heterocycles. The van der Waals surface area contributed by atoms with E-state index in [4.69, 9.17) is 0 Å². The van der Waals surface area contributed by atoms with Gasteiger partial charge in [0.25, 0.3) is 0 Å². The zero-order valence-corrected chi connectivity index (χ0v) is 8.73. The fraction of sp³-hybridized carbons (Fsp3) is 0.182. The average Bonchev–Trinajstić information content (AvgIpc) is 2.31. The van der Waals surface area contributed by atoms with E-state index in [-0.39, 0.29) is 0 Å². The predicted octanol–water partition coefficient (Wildman–Crippen LogP) is 1.89. The van der Waals surface area contributed by atoms with Gasteiger partial charge in [0.2, 0.25) is 0 Å². The van der Waals surface area contributed by atoms with Gasteiger partial charge in [-0.1, -0.05) is 6.07 Å². The number of pyridine rings is 1. The Morgan fingerprint density at radius 3 is 2.73 bits per heavy atom. The van der Waals surface area contributed by atoms with Crippen LogP contribution in [-0.4, -0.2) is 22.0 Å². The summed E-state index contributed by atoms with van der Waals surface area (Å²) in [7, 11) is 1.84. The quantitative estimate of drug-likeness (QED) is 0.804. The van der Waals surface area contributed by atoms with Gasteiger partial charge in [-0.2, -0.15) is 0 Å². The molecule has 0 aliphatic rings. The Labute approximate surface area is 88.4 Å². The number of nitrogens with zero attached hydrogens (tertiary/aromatic N) is 3. The molecule has 15 heavy (non-hydrogen) atoms. The molecule has 4 nitrogen and oxygen atoms in total. The zero-order valence-electron chi connectivity index (χ0n) is 8.73. The first-order chi connectivity index (χ1) is 7.31. The third kappa shape index (κ3) is 1.93. The van der Waals surface area contributed by atoms with Crippen molar-refractivity contribution < 1.29 is 0 Å². The van der Waals surface area contributed by atoms with Gasteiger partial charge in [-0.3, -0.25) is 4.98 Å². The van der Waals surface area contributed by atoms with Crippen LogP contribution in [-0.2, 0) is 0 Å². The zero-order chi connectivity index (χ0) is 10.7. The minimum Gasteiger partial charge on any atom is -0.373 e. The van der Waals surface area contributed by atoms with Crippen molar-refractivity contribution in [2.45, 2.75) is 6.92 Å². The molecular formula is C11H12N4. The molecule has 0 aliphatic carbocycles. The van der Waals surface area contributed by atoms with Crippen LogP contribution in [0.15, 0.2) is 30.6 Å². The first kappa shape index (κ1) is 9.58. The summed E-state index contributed by atoms with van der Waals surface area (Å²) in [5.41, 5.74) is 1.81. The largest absolute Gasteiger partial charge is 0.373 e. The van der Waals surface area contributed by atoms with E-state index in [1.807, 2.05) is 32.2 Å². The molecule has 0 saturated carbocycles. The number of rotatable bonds is 2. The van der Waals surface area contributed by atoms with Crippen molar-refractivity contribution >= 4 is 5.82 Å². The Morgan fingerprint density at radius 2 is 2.07 bits per heavy atom. The highest BCUT2D eigenvalue weighted by Crippen LogP contribution is 2.15. The normalized spacial score (nSPS) is 10.0. The number of hydrogen-bond acceptors (Lipinski definition) is 4. The van der Waals surface area contributed by atoms with Gasteiger partial charge in [-0.25, -0.2) is 9.97 Å². The van der Waals surface area contributed by atoms with Gasteiger partial charge < -0.3 is 5.32 Å². The van der Waals surface area contributed by atoms with Crippen LogP contribution in [0, 0.1) is 6.92 Å². The SMILES string of the molecule is CNc1nc(-c2ccccn2)ncc1C. The first-order valence-electron chi connectivity index (χ1n) is 4.74. The Morgan fingerprint density at radius 1 is 1.20 bits per heavy atom. The van der Waals surface area contributed by atoms with Crippen molar-refractivity contribution in [1.82, 2.24) is 15.0 Å². The van der Waals surface area contributed by atoms with E-state index < -0.39 is 0 Å². The topological polar surface area (TPSA) is 50.7 Å². The van der Waals surface area contributed by atoms with Crippen molar-refractivity contribution in [3.05, 3.63) is 36.2 Å². The molecular weight excluding hydrogens is 188 g/mol. The van der Waals surface area contributed by atoms with Gasteiger partial charge in [0, 0.05) is 25.0 Å². The highest BCUT2D eigenvalue weighted by Gasteiger charge is 2.04. The molecule has 0 saturated heterocycles. The van der Waals surface area contributed by atoms with Crippen molar-refractivity contribution in [2.75, 3.05) is 12.4 Å². The average molecular weight is 200 g/mol. The summed E-state index contributed by atoms with van der Waals surface area (Å²) < 4.78 is 0. The molecule has 1 N–H and O–H groups in total. The Bertz CT molecular complexity index is 453. The number of aromatic nitrogens is 3. The molecule has 2 rings (SSSR count). The second kappa shape index (κ2) is 4.04. The molecule has 0 atom stereocenters. The van der Waals surface area contributed by atoms with Gasteiger partial charge in [0.1, 0.15) is 11.5 Å². The van der Waals surface area contributed by atoms with E-state index in [1.165, 1.54) is 0 Å². The van der Waals surface area contributed by atoms with Crippen molar-refractivity contribution in [2.24, 2.45) is 0 Å². The standard InChI is InChI=1S/C11H12N4/c1-8-7-14-11(15-10(8)12-2)9-5-3-4-6-13-9/h3-7H,1-2H3,(H,12,14,15). The monoisotopic (exact) mass is 200 g/mol. The van der Waals surface area contributed by atoms with Gasteiger partial charge in [0.05, 0.1) is 0 Å². The van der Waals surface area contributed by atoms with Crippen LogP contribution in [0.3, 0.4) is 0 Å². The van der Waals surface area contributed by atoms with Crippen molar-refractivity contribution in [3.63, 3.8) is 0 Å². The van der Waals surface area contributed by atoms with Crippen LogP contribution in [0.1, 0.15) is 5.56 Å². The summed E-state index contributed by atoms with van der Waals surface area (Å²) in [5.74, 6) is 1.48. The molecule has 0 aromatic carbocycles. The lowest BCUT2D eigenvalue weighted by molar-refractivity contribution is 1.11. The van der Waals surface area contributed by atoms with E-state index in [0.29, 0.717) is 5.82 Å². The molecule has 0 aliphatic heterocycles. The van der Waals surface area contributed by atoms with Crippen LogP contribution in [0.4, 0.5) is 5.82 Å². The molecule has 0 amide bonds. The van der Waals surface area contributed by atoms with E-state index in [0.717, 1.165) is 17.1 Å². The van der Waals surface area contributed by atoms with Gasteiger partial charge >= 0.3 is 0 Å². The van der Waals surface area contributed by atoms with E-state index in [9.17, 15) is 0 Å². The summed E-state index contributed by atoms with van der Waals surface area (Å²) in [5, 5.41) is 3.03. The van der Waals surface area contributed by atoms with E-state index in [1.54, 1.807) is 12.4 Å². The number of hydrogen-bond donors (Lipinski definition) is 1. The lowest BCUT2D eigenvalue weighted by atomic mass is 10.3. The van der Waals surface area contributed by atoms with Crippen molar-refractivity contribution in [1.29, 1.82) is 0 Å². The summed E-state index contributed by atoms with van der Waals surface area (Å²) in [6, 6.07) is 5.69. The molecule has 2 aromatic rings. The van der Waals surface area contributed by atoms with Crippen LogP contribution in [0.5, 0.6) is 0 Å². The Hall–Kier alpha value is -1.97. The first-order valence-corrected chi connectivity index (χ1v) is 4.74. The van der Waals surface area contributed by atoms with Crippen LogP contribution >= 0.6 is 0 Å². The lowest BCUT2D eigenvalue weighted by Crippen LogP contribution is -1.99. The van der Waals surface area contributed by atoms with E-state index >= 15 is 0 Å². The van der Waals surface area contributed by atoms with Gasteiger partial charge in [-0.15, -0.1) is 0 Å². The van der Waals surface area contributed by atoms with Gasteiger partial charge in [0.15, 0.2) is 5.82 Å². The molecule has 0 unspecified atom stereocenters. The fourth-order valence-electron chi connectivity index (χ4n) is 1.31. The molecule has 4 heteroatoms. The maximum Gasteiger partial charge on any atom is 0.180 e.